The van der Waals surface area contributed by atoms with Crippen molar-refractivity contribution in [1.82, 2.24) is 0 Å². The monoisotopic (exact) mass is 616 g/mol. The van der Waals surface area contributed by atoms with Gasteiger partial charge in [0.25, 0.3) is 5.91 Å². The first-order chi connectivity index (χ1) is 20.9. The van der Waals surface area contributed by atoms with Crippen LogP contribution in [0.5, 0.6) is 0 Å². The van der Waals surface area contributed by atoms with E-state index in [-0.39, 0.29) is 18.1 Å². The molecule has 0 radical (unpaired) electrons. The molecule has 5 rings (SSSR count). The van der Waals surface area contributed by atoms with Gasteiger partial charge in [-0.2, -0.15) is 0 Å². The van der Waals surface area contributed by atoms with Gasteiger partial charge in [-0.15, -0.1) is 23.1 Å². The molecule has 4 aromatic rings. The molecule has 43 heavy (non-hydrogen) atoms. The van der Waals surface area contributed by atoms with Crippen LogP contribution in [-0.2, 0) is 22.4 Å². The summed E-state index contributed by atoms with van der Waals surface area (Å²) < 4.78 is 19.6. The number of carbonyl (C=O) groups is 3. The highest BCUT2D eigenvalue weighted by molar-refractivity contribution is 8.00. The average molecular weight is 617 g/mol. The van der Waals surface area contributed by atoms with Crippen molar-refractivity contribution >= 4 is 51.6 Å². The summed E-state index contributed by atoms with van der Waals surface area (Å²) in [5, 5.41) is 5.71. The second-order valence-electron chi connectivity index (χ2n) is 10.2. The minimum atomic E-state index is -0.654. The van der Waals surface area contributed by atoms with E-state index in [0.29, 0.717) is 16.3 Å². The van der Waals surface area contributed by atoms with E-state index < -0.39 is 22.9 Å². The van der Waals surface area contributed by atoms with Crippen molar-refractivity contribution in [2.75, 3.05) is 17.2 Å². The van der Waals surface area contributed by atoms with Crippen molar-refractivity contribution in [1.29, 1.82) is 0 Å². The number of rotatable bonds is 9. The van der Waals surface area contributed by atoms with E-state index in [4.69, 9.17) is 4.74 Å². The lowest BCUT2D eigenvalue weighted by Gasteiger charge is -2.18. The van der Waals surface area contributed by atoms with Gasteiger partial charge in [-0.05, 0) is 74.1 Å². The van der Waals surface area contributed by atoms with Gasteiger partial charge in [0, 0.05) is 15.5 Å². The maximum Gasteiger partial charge on any atom is 0.341 e. The first-order valence-corrected chi connectivity index (χ1v) is 16.1. The topological polar surface area (TPSA) is 84.5 Å². The molecule has 0 saturated carbocycles. The van der Waals surface area contributed by atoms with Crippen LogP contribution in [0.15, 0.2) is 83.8 Å². The number of hydrogen-bond donors (Lipinski definition) is 2. The number of nitrogens with one attached hydrogen (secondary N) is 2. The maximum atomic E-state index is 14.1. The number of hydrogen-bond acceptors (Lipinski definition) is 6. The molecule has 1 unspecified atom stereocenters. The largest absolute Gasteiger partial charge is 0.462 e. The molecule has 0 bridgehead atoms. The number of ether oxygens (including phenoxy) is 1. The van der Waals surface area contributed by atoms with Crippen molar-refractivity contribution in [2.45, 2.75) is 55.6 Å². The van der Waals surface area contributed by atoms with Gasteiger partial charge in [0.15, 0.2) is 0 Å². The zero-order valence-electron chi connectivity index (χ0n) is 23.9. The normalized spacial score (nSPS) is 13.6. The molecule has 1 aliphatic carbocycles. The van der Waals surface area contributed by atoms with E-state index in [1.165, 1.54) is 41.3 Å². The lowest BCUT2D eigenvalue weighted by Crippen LogP contribution is -2.20. The summed E-state index contributed by atoms with van der Waals surface area (Å²) in [6.07, 6.45) is 5.99. The summed E-state index contributed by atoms with van der Waals surface area (Å²) in [4.78, 5) is 41.7. The molecule has 2 N–H and O–H groups in total. The fourth-order valence-corrected chi connectivity index (χ4v) is 7.50. The molecule has 3 aromatic carbocycles. The lowest BCUT2D eigenvalue weighted by molar-refractivity contribution is -0.115. The zero-order valence-corrected chi connectivity index (χ0v) is 25.5. The number of carbonyl (C=O) groups excluding carboxylic acids is 3. The predicted molar refractivity (Wildman–Crippen MR) is 171 cm³/mol. The van der Waals surface area contributed by atoms with E-state index in [2.05, 4.69) is 10.6 Å². The number of esters is 1. The third-order valence-corrected chi connectivity index (χ3v) is 9.65. The summed E-state index contributed by atoms with van der Waals surface area (Å²) >= 11 is 2.80. The Hall–Kier alpha value is -3.95. The number of halogens is 1. The van der Waals surface area contributed by atoms with Crippen molar-refractivity contribution in [2.24, 2.45) is 0 Å². The molecule has 222 valence electrons. The second-order valence-corrected chi connectivity index (χ2v) is 12.5. The summed E-state index contributed by atoms with van der Waals surface area (Å²) in [5.41, 5.74) is 2.70. The Morgan fingerprint density at radius 3 is 2.42 bits per heavy atom. The van der Waals surface area contributed by atoms with Gasteiger partial charge in [0.2, 0.25) is 5.91 Å². The van der Waals surface area contributed by atoms with Crippen LogP contribution in [0, 0.1) is 5.82 Å². The molecule has 1 atom stereocenters. The molecular weight excluding hydrogens is 584 g/mol. The molecule has 2 amide bonds. The molecule has 1 aromatic heterocycles. The molecule has 9 heteroatoms. The molecule has 0 aliphatic heterocycles. The van der Waals surface area contributed by atoms with Gasteiger partial charge in [-0.3, -0.25) is 9.59 Å². The third kappa shape index (κ3) is 7.53. The quantitative estimate of drug-likeness (QED) is 0.146. The number of aryl methyl sites for hydroxylation is 1. The molecule has 0 spiro atoms. The van der Waals surface area contributed by atoms with Crippen LogP contribution >= 0.6 is 23.1 Å². The van der Waals surface area contributed by atoms with Crippen LogP contribution in [0.3, 0.4) is 0 Å². The Balaban J connectivity index is 1.42. The number of benzene rings is 3. The van der Waals surface area contributed by atoms with Gasteiger partial charge < -0.3 is 15.4 Å². The third-order valence-electron chi connectivity index (χ3n) is 7.19. The van der Waals surface area contributed by atoms with Gasteiger partial charge >= 0.3 is 5.97 Å². The van der Waals surface area contributed by atoms with E-state index in [1.807, 2.05) is 36.4 Å². The summed E-state index contributed by atoms with van der Waals surface area (Å²) in [5.74, 6) is -1.83. The highest BCUT2D eigenvalue weighted by Crippen LogP contribution is 2.41. The Morgan fingerprint density at radius 1 is 0.907 bits per heavy atom. The fourth-order valence-electron chi connectivity index (χ4n) is 5.13. The van der Waals surface area contributed by atoms with Crippen molar-refractivity contribution in [3.63, 3.8) is 0 Å². The van der Waals surface area contributed by atoms with Gasteiger partial charge in [-0.25, -0.2) is 9.18 Å². The Morgan fingerprint density at radius 2 is 1.65 bits per heavy atom. The smallest absolute Gasteiger partial charge is 0.341 e. The first kappa shape index (κ1) is 30.5. The predicted octanol–water partition coefficient (Wildman–Crippen LogP) is 8.45. The molecule has 0 saturated heterocycles. The molecule has 1 aliphatic rings. The fraction of sp³-hybridized carbons (Fsp3) is 0.265. The van der Waals surface area contributed by atoms with Crippen LogP contribution in [0.2, 0.25) is 0 Å². The Bertz CT molecular complexity index is 1610. The number of amides is 2. The van der Waals surface area contributed by atoms with Crippen LogP contribution in [0.25, 0.3) is 0 Å². The summed E-state index contributed by atoms with van der Waals surface area (Å²) in [6, 6.07) is 22.3. The van der Waals surface area contributed by atoms with Gasteiger partial charge in [-0.1, -0.05) is 61.4 Å². The molecule has 0 fully saturated rings. The number of fused-ring (bicyclic) bond motifs is 1. The standard InChI is InChI=1S/C34H33FN2O4S2/c1-2-41-34(40)29-26-18-8-3-4-9-20-28(26)43-33(29)37-32(39)30(22-13-6-5-7-14-22)42-24-16-12-15-23(21-24)36-31(38)25-17-10-11-19-27(25)35/h5-7,10-17,19,21,30H,2-4,8-9,18,20H2,1H3,(H,36,38)(H,37,39). The molecule has 6 nitrogen and oxygen atoms in total. The van der Waals surface area contributed by atoms with E-state index in [0.717, 1.165) is 59.4 Å². The zero-order chi connectivity index (χ0) is 30.2. The number of thioether (sulfide) groups is 1. The van der Waals surface area contributed by atoms with Gasteiger partial charge in [0.1, 0.15) is 16.1 Å². The minimum absolute atomic E-state index is 0.0513. The maximum absolute atomic E-state index is 14.1. The second kappa shape index (κ2) is 14.5. The van der Waals surface area contributed by atoms with Crippen LogP contribution < -0.4 is 10.6 Å². The van der Waals surface area contributed by atoms with Crippen molar-refractivity contribution in [3.8, 4) is 0 Å². The summed E-state index contributed by atoms with van der Waals surface area (Å²) in [7, 11) is 0. The highest BCUT2D eigenvalue weighted by atomic mass is 32.2. The van der Waals surface area contributed by atoms with E-state index >= 15 is 0 Å². The SMILES string of the molecule is CCOC(=O)c1c(NC(=O)C(Sc2cccc(NC(=O)c3ccccc3F)c2)c2ccccc2)sc2c1CCCCCC2. The van der Waals surface area contributed by atoms with Crippen LogP contribution in [-0.4, -0.2) is 24.4 Å². The van der Waals surface area contributed by atoms with E-state index in [1.54, 1.807) is 31.2 Å². The number of anilines is 2. The molecular formula is C34H33FN2O4S2. The Labute approximate surface area is 259 Å². The van der Waals surface area contributed by atoms with Crippen molar-refractivity contribution < 1.29 is 23.5 Å². The summed E-state index contributed by atoms with van der Waals surface area (Å²) in [6.45, 7) is 2.03. The minimum Gasteiger partial charge on any atom is -0.462 e. The Kier molecular flexibility index (Phi) is 10.3. The lowest BCUT2D eigenvalue weighted by atomic mass is 9.96. The van der Waals surface area contributed by atoms with Crippen LogP contribution in [0.1, 0.15) is 74.6 Å². The highest BCUT2D eigenvalue weighted by Gasteiger charge is 2.29. The number of thiophene rings is 1. The van der Waals surface area contributed by atoms with Crippen molar-refractivity contribution in [3.05, 3.63) is 112 Å². The van der Waals surface area contributed by atoms with E-state index in [9.17, 15) is 18.8 Å². The molecule has 1 heterocycles. The van der Waals surface area contributed by atoms with Gasteiger partial charge in [0.05, 0.1) is 17.7 Å². The average Bonchev–Trinajstić information content (AvgIpc) is 3.32. The van der Waals surface area contributed by atoms with Crippen LogP contribution in [0.4, 0.5) is 15.1 Å². The first-order valence-electron chi connectivity index (χ1n) is 14.4.